The third-order valence-electron chi connectivity index (χ3n) is 3.16. The third kappa shape index (κ3) is 3.24. The molecule has 0 radical (unpaired) electrons. The smallest absolute Gasteiger partial charge is 0.0395 e. The quantitative estimate of drug-likeness (QED) is 0.719. The van der Waals surface area contributed by atoms with Gasteiger partial charge in [-0.1, -0.05) is 41.4 Å². The molecule has 0 saturated carbocycles. The molecule has 1 atom stereocenters. The Morgan fingerprint density at radius 2 is 2.06 bits per heavy atom. The fourth-order valence-electron chi connectivity index (χ4n) is 2.05. The van der Waals surface area contributed by atoms with Gasteiger partial charge in [-0.2, -0.15) is 0 Å². The van der Waals surface area contributed by atoms with Crippen LogP contribution in [0.5, 0.6) is 0 Å². The van der Waals surface area contributed by atoms with Crippen molar-refractivity contribution in [3.8, 4) is 0 Å². The number of anilines is 1. The van der Waals surface area contributed by atoms with Crippen molar-refractivity contribution in [2.24, 2.45) is 0 Å². The van der Waals surface area contributed by atoms with Gasteiger partial charge in [0.15, 0.2) is 0 Å². The van der Waals surface area contributed by atoms with Crippen LogP contribution in [-0.4, -0.2) is 13.1 Å². The highest BCUT2D eigenvalue weighted by Gasteiger charge is 2.11. The summed E-state index contributed by atoms with van der Waals surface area (Å²) in [4.78, 5) is 2.39. The lowest BCUT2D eigenvalue weighted by Gasteiger charge is -2.28. The van der Waals surface area contributed by atoms with E-state index in [0.717, 1.165) is 5.33 Å². The standard InChI is InChI=1S/C14H22BrN/c1-5-6-12(3)16(4)14-8-7-13(10-15)9-11(14)2/h7-9,12H,5-6,10H2,1-4H3. The minimum absolute atomic E-state index is 0.610. The van der Waals surface area contributed by atoms with E-state index in [1.807, 2.05) is 0 Å². The minimum Gasteiger partial charge on any atom is -0.372 e. The van der Waals surface area contributed by atoms with Crippen molar-refractivity contribution in [2.75, 3.05) is 11.9 Å². The molecular formula is C14H22BrN. The lowest BCUT2D eigenvalue weighted by Crippen LogP contribution is -2.29. The summed E-state index contributed by atoms with van der Waals surface area (Å²) in [5.41, 5.74) is 4.06. The Bertz CT molecular complexity index is 336. The molecule has 1 rings (SSSR count). The van der Waals surface area contributed by atoms with Crippen molar-refractivity contribution in [2.45, 2.75) is 45.0 Å². The molecule has 0 aromatic heterocycles. The van der Waals surface area contributed by atoms with Crippen molar-refractivity contribution in [1.82, 2.24) is 0 Å². The number of aryl methyl sites for hydroxylation is 1. The number of nitrogens with zero attached hydrogens (tertiary/aromatic N) is 1. The lowest BCUT2D eigenvalue weighted by atomic mass is 10.1. The zero-order valence-corrected chi connectivity index (χ0v) is 12.3. The van der Waals surface area contributed by atoms with Gasteiger partial charge in [0.1, 0.15) is 0 Å². The molecule has 0 saturated heterocycles. The van der Waals surface area contributed by atoms with Gasteiger partial charge in [-0.15, -0.1) is 0 Å². The lowest BCUT2D eigenvalue weighted by molar-refractivity contribution is 0.615. The number of hydrogen-bond donors (Lipinski definition) is 0. The molecule has 0 aliphatic carbocycles. The number of benzene rings is 1. The third-order valence-corrected chi connectivity index (χ3v) is 3.81. The van der Waals surface area contributed by atoms with Gasteiger partial charge in [0, 0.05) is 24.1 Å². The van der Waals surface area contributed by atoms with E-state index in [0.29, 0.717) is 6.04 Å². The van der Waals surface area contributed by atoms with E-state index in [1.165, 1.54) is 29.7 Å². The highest BCUT2D eigenvalue weighted by Crippen LogP contribution is 2.24. The van der Waals surface area contributed by atoms with Gasteiger partial charge in [-0.05, 0) is 37.5 Å². The zero-order chi connectivity index (χ0) is 12.1. The minimum atomic E-state index is 0.610. The fourth-order valence-corrected chi connectivity index (χ4v) is 2.39. The van der Waals surface area contributed by atoms with E-state index >= 15 is 0 Å². The molecule has 0 bridgehead atoms. The highest BCUT2D eigenvalue weighted by molar-refractivity contribution is 9.08. The molecule has 1 nitrogen and oxygen atoms in total. The molecule has 90 valence electrons. The average molecular weight is 284 g/mol. The predicted molar refractivity (Wildman–Crippen MR) is 76.6 cm³/mol. The summed E-state index contributed by atoms with van der Waals surface area (Å²) in [6.07, 6.45) is 2.49. The topological polar surface area (TPSA) is 3.24 Å². The van der Waals surface area contributed by atoms with Crippen molar-refractivity contribution < 1.29 is 0 Å². The van der Waals surface area contributed by atoms with Crippen LogP contribution in [0, 0.1) is 6.92 Å². The van der Waals surface area contributed by atoms with Crippen LogP contribution >= 0.6 is 15.9 Å². The molecule has 0 amide bonds. The van der Waals surface area contributed by atoms with Crippen LogP contribution in [0.1, 0.15) is 37.8 Å². The summed E-state index contributed by atoms with van der Waals surface area (Å²) in [5.74, 6) is 0. The molecule has 0 spiro atoms. The molecule has 1 aromatic carbocycles. The first-order valence-corrected chi connectivity index (χ1v) is 7.10. The van der Waals surface area contributed by atoms with Crippen LogP contribution in [-0.2, 0) is 5.33 Å². The molecule has 0 aliphatic heterocycles. The molecule has 0 heterocycles. The summed E-state index contributed by atoms with van der Waals surface area (Å²) in [7, 11) is 2.19. The second kappa shape index (κ2) is 6.29. The molecule has 1 unspecified atom stereocenters. The Morgan fingerprint density at radius 3 is 2.56 bits per heavy atom. The van der Waals surface area contributed by atoms with Gasteiger partial charge < -0.3 is 4.90 Å². The number of rotatable bonds is 5. The van der Waals surface area contributed by atoms with E-state index in [2.05, 4.69) is 66.8 Å². The molecular weight excluding hydrogens is 262 g/mol. The SMILES string of the molecule is CCCC(C)N(C)c1ccc(CBr)cc1C. The first kappa shape index (κ1) is 13.6. The number of hydrogen-bond acceptors (Lipinski definition) is 1. The Balaban J connectivity index is 2.87. The summed E-state index contributed by atoms with van der Waals surface area (Å²) < 4.78 is 0. The van der Waals surface area contributed by atoms with E-state index in [1.54, 1.807) is 0 Å². The van der Waals surface area contributed by atoms with Gasteiger partial charge in [-0.25, -0.2) is 0 Å². The monoisotopic (exact) mass is 283 g/mol. The van der Waals surface area contributed by atoms with Gasteiger partial charge in [0.2, 0.25) is 0 Å². The van der Waals surface area contributed by atoms with Crippen molar-refractivity contribution >= 4 is 21.6 Å². The van der Waals surface area contributed by atoms with E-state index in [4.69, 9.17) is 0 Å². The van der Waals surface area contributed by atoms with Crippen LogP contribution in [0.25, 0.3) is 0 Å². The first-order chi connectivity index (χ1) is 7.60. The second-order valence-electron chi connectivity index (χ2n) is 4.50. The van der Waals surface area contributed by atoms with Crippen molar-refractivity contribution in [3.63, 3.8) is 0 Å². The van der Waals surface area contributed by atoms with E-state index < -0.39 is 0 Å². The maximum Gasteiger partial charge on any atom is 0.0395 e. The maximum atomic E-state index is 3.49. The predicted octanol–water partition coefficient (Wildman–Crippen LogP) is 4.51. The summed E-state index contributed by atoms with van der Waals surface area (Å²) >= 11 is 3.49. The Hall–Kier alpha value is -0.500. The second-order valence-corrected chi connectivity index (χ2v) is 5.06. The van der Waals surface area contributed by atoms with Crippen LogP contribution in [0.4, 0.5) is 5.69 Å². The molecule has 16 heavy (non-hydrogen) atoms. The fraction of sp³-hybridized carbons (Fsp3) is 0.571. The molecule has 0 fully saturated rings. The van der Waals surface area contributed by atoms with E-state index in [-0.39, 0.29) is 0 Å². The van der Waals surface area contributed by atoms with E-state index in [9.17, 15) is 0 Å². The number of alkyl halides is 1. The summed E-state index contributed by atoms with van der Waals surface area (Å²) in [5, 5.41) is 0.933. The number of halogens is 1. The Labute approximate surface area is 108 Å². The molecule has 0 aliphatic rings. The van der Waals surface area contributed by atoms with Crippen LogP contribution in [0.3, 0.4) is 0 Å². The summed E-state index contributed by atoms with van der Waals surface area (Å²) in [6.45, 7) is 6.73. The first-order valence-electron chi connectivity index (χ1n) is 5.98. The van der Waals surface area contributed by atoms with Crippen molar-refractivity contribution in [3.05, 3.63) is 29.3 Å². The molecule has 0 N–H and O–H groups in total. The summed E-state index contributed by atoms with van der Waals surface area (Å²) in [6, 6.07) is 7.31. The molecule has 1 aromatic rings. The molecule has 2 heteroatoms. The Kier molecular flexibility index (Phi) is 5.33. The zero-order valence-electron chi connectivity index (χ0n) is 10.8. The normalized spacial score (nSPS) is 12.6. The van der Waals surface area contributed by atoms with Gasteiger partial charge >= 0.3 is 0 Å². The maximum absolute atomic E-state index is 3.49. The van der Waals surface area contributed by atoms with Crippen molar-refractivity contribution in [1.29, 1.82) is 0 Å². The largest absolute Gasteiger partial charge is 0.372 e. The van der Waals surface area contributed by atoms with Crippen LogP contribution in [0.15, 0.2) is 18.2 Å². The Morgan fingerprint density at radius 1 is 1.38 bits per heavy atom. The van der Waals surface area contributed by atoms with Gasteiger partial charge in [-0.3, -0.25) is 0 Å². The highest BCUT2D eigenvalue weighted by atomic mass is 79.9. The average Bonchev–Trinajstić information content (AvgIpc) is 2.28. The van der Waals surface area contributed by atoms with Crippen LogP contribution in [0.2, 0.25) is 0 Å². The van der Waals surface area contributed by atoms with Gasteiger partial charge in [0.05, 0.1) is 0 Å². The van der Waals surface area contributed by atoms with Gasteiger partial charge in [0.25, 0.3) is 0 Å². The van der Waals surface area contributed by atoms with Crippen LogP contribution < -0.4 is 4.90 Å².